The molecule has 0 spiro atoms. The molecule has 1 N–H and O–H groups in total. The molecule has 5 rings (SSSR count). The first-order chi connectivity index (χ1) is 23.2. The van der Waals surface area contributed by atoms with E-state index in [4.69, 9.17) is 9.40 Å². The number of carbonyl (C=O) groups is 1. The summed E-state index contributed by atoms with van der Waals surface area (Å²) in [5.74, 6) is 1.65. The molecule has 0 saturated carbocycles. The Morgan fingerprint density at radius 1 is 0.920 bits per heavy atom. The molecule has 0 aliphatic rings. The van der Waals surface area contributed by atoms with Gasteiger partial charge in [-0.25, -0.2) is 0 Å². The fraction of sp³-hybridized carbons (Fsp3) is 0.500. The van der Waals surface area contributed by atoms with Gasteiger partial charge in [-0.05, 0) is 62.3 Å². The number of hydrogen-bond acceptors (Lipinski definition) is 5. The minimum Gasteiger partial charge on any atom is -0.512 e. The summed E-state index contributed by atoms with van der Waals surface area (Å²) in [5.41, 5.74) is 6.05. The summed E-state index contributed by atoms with van der Waals surface area (Å²) in [6.45, 7) is 24.0. The Balaban J connectivity index is 0.000000361. The van der Waals surface area contributed by atoms with E-state index in [0.29, 0.717) is 0 Å². The van der Waals surface area contributed by atoms with Gasteiger partial charge in [0.2, 0.25) is 0 Å². The van der Waals surface area contributed by atoms with Crippen LogP contribution in [0, 0.1) is 30.2 Å². The Morgan fingerprint density at radius 3 is 2.12 bits per heavy atom. The van der Waals surface area contributed by atoms with Crippen LogP contribution < -0.4 is 0 Å². The van der Waals surface area contributed by atoms with Crippen LogP contribution in [-0.2, 0) is 36.7 Å². The van der Waals surface area contributed by atoms with Gasteiger partial charge in [-0.15, -0.1) is 40.5 Å². The third-order valence-electron chi connectivity index (χ3n) is 10.6. The molecule has 273 valence electrons. The molecular formula is C44H58IrNO3S-. The van der Waals surface area contributed by atoms with E-state index < -0.39 is 0 Å². The average molecular weight is 873 g/mol. The van der Waals surface area contributed by atoms with Gasteiger partial charge in [0.25, 0.3) is 0 Å². The number of nitrogens with zero attached hydrogens (tertiary/aromatic N) is 1. The van der Waals surface area contributed by atoms with Gasteiger partial charge < -0.3 is 9.52 Å². The zero-order valence-electron chi connectivity index (χ0n) is 32.2. The molecule has 0 aliphatic heterocycles. The Labute approximate surface area is 318 Å². The van der Waals surface area contributed by atoms with Crippen LogP contribution >= 0.6 is 11.3 Å². The molecule has 0 bridgehead atoms. The number of allylic oxidation sites excluding steroid dienone is 2. The number of aryl methyl sites for hydroxylation is 1. The van der Waals surface area contributed by atoms with Crippen LogP contribution in [0.1, 0.15) is 125 Å². The van der Waals surface area contributed by atoms with Crippen molar-refractivity contribution in [2.45, 2.75) is 127 Å². The second kappa shape index (κ2) is 17.6. The first-order valence-corrected chi connectivity index (χ1v) is 19.3. The van der Waals surface area contributed by atoms with Gasteiger partial charge in [0.1, 0.15) is 5.76 Å². The summed E-state index contributed by atoms with van der Waals surface area (Å²) < 4.78 is 8.91. The maximum absolute atomic E-state index is 11.7. The smallest absolute Gasteiger partial charge is 0.162 e. The van der Waals surface area contributed by atoms with E-state index in [-0.39, 0.29) is 54.3 Å². The topological polar surface area (TPSA) is 63.3 Å². The largest absolute Gasteiger partial charge is 0.512 e. The number of aromatic nitrogens is 1. The molecule has 0 atom stereocenters. The van der Waals surface area contributed by atoms with Crippen molar-refractivity contribution in [3.8, 4) is 11.3 Å². The summed E-state index contributed by atoms with van der Waals surface area (Å²) in [7, 11) is 0. The van der Waals surface area contributed by atoms with E-state index in [1.54, 1.807) is 0 Å². The molecule has 0 aliphatic carbocycles. The van der Waals surface area contributed by atoms with Crippen LogP contribution in [0.3, 0.4) is 0 Å². The van der Waals surface area contributed by atoms with E-state index in [1.165, 1.54) is 32.0 Å². The van der Waals surface area contributed by atoms with Crippen LogP contribution in [0.5, 0.6) is 0 Å². The van der Waals surface area contributed by atoms with E-state index in [0.717, 1.165) is 78.3 Å². The number of hydrogen-bond donors (Lipinski definition) is 1. The van der Waals surface area contributed by atoms with Crippen molar-refractivity contribution >= 4 is 48.3 Å². The molecule has 5 aromatic rings. The number of aliphatic hydroxyl groups is 1. The summed E-state index contributed by atoms with van der Waals surface area (Å²) in [6, 6.07) is 16.8. The summed E-state index contributed by atoms with van der Waals surface area (Å²) in [5, 5.41) is 13.4. The normalized spacial score (nSPS) is 12.5. The molecule has 3 aromatic heterocycles. The van der Waals surface area contributed by atoms with Crippen molar-refractivity contribution in [3.63, 3.8) is 0 Å². The monoisotopic (exact) mass is 873 g/mol. The standard InChI is InChI=1S/C31H34NOS.C13H24O2.Ir/c1-8-31(7,9-2)24-17-21(16-20-12-10-11-13-22(20)24)26-29-23(14-15-32-26)27-28(34-29)19(3)25(33-27)18-30(4,5)6;1-5-10(6-2)12(14)9-13(15)11(7-3)8-4;/h10-15,17H,8-9,18H2,1-7H3;9-11,14H,5-8H2,1-4H3;/q-1;;/b;12-9-;. The Morgan fingerprint density at radius 2 is 1.54 bits per heavy atom. The first kappa shape index (κ1) is 41.6. The first-order valence-electron chi connectivity index (χ1n) is 18.4. The third-order valence-corrected chi connectivity index (χ3v) is 11.9. The van der Waals surface area contributed by atoms with Gasteiger partial charge in [-0.3, -0.25) is 9.78 Å². The number of fused-ring (bicyclic) bond motifs is 4. The summed E-state index contributed by atoms with van der Waals surface area (Å²) in [6.07, 6.45) is 9.96. The number of rotatable bonds is 12. The van der Waals surface area contributed by atoms with Crippen molar-refractivity contribution in [2.75, 3.05) is 0 Å². The van der Waals surface area contributed by atoms with E-state index in [9.17, 15) is 9.90 Å². The predicted molar refractivity (Wildman–Crippen MR) is 211 cm³/mol. The summed E-state index contributed by atoms with van der Waals surface area (Å²) in [4.78, 5) is 16.6. The van der Waals surface area contributed by atoms with Gasteiger partial charge in [0, 0.05) is 72.0 Å². The maximum atomic E-state index is 11.7. The van der Waals surface area contributed by atoms with Crippen molar-refractivity contribution in [1.82, 2.24) is 4.98 Å². The second-order valence-corrected chi connectivity index (χ2v) is 16.1. The van der Waals surface area contributed by atoms with E-state index >= 15 is 0 Å². The van der Waals surface area contributed by atoms with Crippen LogP contribution in [-0.4, -0.2) is 15.9 Å². The van der Waals surface area contributed by atoms with E-state index in [1.807, 2.05) is 45.2 Å². The SMILES string of the molecule is CCC(C)(CC)c1cc(-c2nccc3c2sc2c(C)c(CC(C)(C)C)oc23)[c-]c2ccccc12.CCC(CC)C(=O)/C=C(\O)C(CC)CC.[Ir]. The maximum Gasteiger partial charge on any atom is 0.162 e. The van der Waals surface area contributed by atoms with Gasteiger partial charge in [0.15, 0.2) is 11.4 Å². The molecular weight excluding hydrogens is 815 g/mol. The number of furan rings is 1. The zero-order chi connectivity index (χ0) is 36.1. The van der Waals surface area contributed by atoms with Crippen LogP contribution in [0.2, 0.25) is 0 Å². The molecule has 0 unspecified atom stereocenters. The number of aliphatic hydroxyl groups excluding tert-OH is 1. The van der Waals surface area contributed by atoms with Crippen LogP contribution in [0.15, 0.2) is 58.8 Å². The molecule has 1 radical (unpaired) electrons. The third kappa shape index (κ3) is 8.98. The Hall–Kier alpha value is -2.79. The molecule has 6 heteroatoms. The second-order valence-electron chi connectivity index (χ2n) is 15.1. The molecule has 0 saturated heterocycles. The number of carbonyl (C=O) groups excluding carboxylic acids is 1. The molecule has 4 nitrogen and oxygen atoms in total. The average Bonchev–Trinajstić information content (AvgIpc) is 3.59. The fourth-order valence-corrected chi connectivity index (χ4v) is 8.03. The molecule has 2 aromatic carbocycles. The van der Waals surface area contributed by atoms with Crippen molar-refractivity contribution in [1.29, 1.82) is 0 Å². The number of ketones is 1. The minimum atomic E-state index is 0. The summed E-state index contributed by atoms with van der Waals surface area (Å²) >= 11 is 1.81. The van der Waals surface area contributed by atoms with Crippen molar-refractivity contribution in [3.05, 3.63) is 77.4 Å². The van der Waals surface area contributed by atoms with Gasteiger partial charge >= 0.3 is 0 Å². The van der Waals surface area contributed by atoms with Crippen molar-refractivity contribution < 1.29 is 34.4 Å². The van der Waals surface area contributed by atoms with Gasteiger partial charge in [-0.2, -0.15) is 0 Å². The van der Waals surface area contributed by atoms with Crippen LogP contribution in [0.4, 0.5) is 0 Å². The molecule has 0 fully saturated rings. The van der Waals surface area contributed by atoms with Crippen molar-refractivity contribution in [2.24, 2.45) is 17.3 Å². The quantitative estimate of drug-likeness (QED) is 0.0771. The Kier molecular flexibility index (Phi) is 14.7. The Bertz CT molecular complexity index is 1910. The van der Waals surface area contributed by atoms with Gasteiger partial charge in [0.05, 0.1) is 10.5 Å². The minimum absolute atomic E-state index is 0. The molecule has 50 heavy (non-hydrogen) atoms. The van der Waals surface area contributed by atoms with Crippen LogP contribution in [0.25, 0.3) is 42.4 Å². The fourth-order valence-electron chi connectivity index (χ4n) is 6.79. The van der Waals surface area contributed by atoms with Gasteiger partial charge in [-0.1, -0.05) is 98.4 Å². The number of pyridine rings is 1. The predicted octanol–water partition coefficient (Wildman–Crippen LogP) is 13.5. The number of thiophene rings is 1. The molecule has 3 heterocycles. The number of benzene rings is 2. The zero-order valence-corrected chi connectivity index (χ0v) is 35.4. The molecule has 0 amide bonds. The van der Waals surface area contributed by atoms with E-state index in [2.05, 4.69) is 90.9 Å².